The molecule has 4 aromatic rings. The molecule has 12 heteroatoms. The van der Waals surface area contributed by atoms with Gasteiger partial charge in [0.1, 0.15) is 6.04 Å². The zero-order valence-electron chi connectivity index (χ0n) is 24.5. The summed E-state index contributed by atoms with van der Waals surface area (Å²) in [4.78, 5) is 26.8. The molecule has 2 heterocycles. The van der Waals surface area contributed by atoms with E-state index >= 15 is 0 Å². The Morgan fingerprint density at radius 3 is 2.40 bits per heavy atom. The second kappa shape index (κ2) is 13.5. The minimum atomic E-state index is -4.70. The number of unbranched alkanes of at least 4 members (excludes halogenated alkanes) is 3. The van der Waals surface area contributed by atoms with Gasteiger partial charge in [0.05, 0.1) is 12.7 Å². The highest BCUT2D eigenvalue weighted by Gasteiger charge is 2.44. The Hall–Kier alpha value is -3.48. The average Bonchev–Trinajstić information content (AvgIpc) is 3.01. The number of benzene rings is 3. The number of sulfonamides is 1. The highest BCUT2D eigenvalue weighted by molar-refractivity contribution is 9.09. The molecule has 5 rings (SSSR count). The van der Waals surface area contributed by atoms with Crippen LogP contribution in [0, 0.1) is 0 Å². The third-order valence-electron chi connectivity index (χ3n) is 8.07. The topological polar surface area (TPSA) is 85.7 Å². The van der Waals surface area contributed by atoms with Gasteiger partial charge in [-0.25, -0.2) is 13.2 Å². The zero-order valence-corrected chi connectivity index (χ0v) is 26.9. The number of aromatic nitrogens is 1. The molecule has 1 aliphatic rings. The molecule has 1 aromatic heterocycles. The predicted octanol–water partition coefficient (Wildman–Crippen LogP) is 6.95. The molecule has 1 unspecified atom stereocenters. The molecule has 0 amide bonds. The first-order valence-corrected chi connectivity index (χ1v) is 17.1. The van der Waals surface area contributed by atoms with Crippen molar-refractivity contribution in [2.45, 2.75) is 49.3 Å². The van der Waals surface area contributed by atoms with E-state index in [9.17, 15) is 31.2 Å². The molecule has 1 aliphatic heterocycles. The van der Waals surface area contributed by atoms with E-state index in [0.717, 1.165) is 69.0 Å². The molecule has 0 saturated heterocycles. The van der Waals surface area contributed by atoms with Gasteiger partial charge in [-0.15, -0.1) is 0 Å². The molecule has 45 heavy (non-hydrogen) atoms. The van der Waals surface area contributed by atoms with Crippen molar-refractivity contribution in [1.29, 1.82) is 0 Å². The van der Waals surface area contributed by atoms with Gasteiger partial charge in [-0.3, -0.25) is 9.36 Å². The number of methoxy groups -OCH3 is 1. The molecule has 238 valence electrons. The Morgan fingerprint density at radius 2 is 1.67 bits per heavy atom. The van der Waals surface area contributed by atoms with Gasteiger partial charge in [0, 0.05) is 30.0 Å². The van der Waals surface area contributed by atoms with E-state index in [0.29, 0.717) is 6.42 Å². The second-order valence-electron chi connectivity index (χ2n) is 11.0. The van der Waals surface area contributed by atoms with Crippen LogP contribution in [0.4, 0.5) is 13.2 Å². The van der Waals surface area contributed by atoms with Gasteiger partial charge in [0.15, 0.2) is 5.03 Å². The van der Waals surface area contributed by atoms with Gasteiger partial charge in [-0.1, -0.05) is 83.4 Å². The number of nitrogens with zero attached hydrogens (tertiary/aromatic N) is 2. The molecule has 0 spiro atoms. The lowest BCUT2D eigenvalue weighted by Gasteiger charge is -2.35. The van der Waals surface area contributed by atoms with Crippen LogP contribution in [0.15, 0.2) is 82.6 Å². The normalized spacial score (nSPS) is 16.4. The monoisotopic (exact) mass is 704 g/mol. The highest BCUT2D eigenvalue weighted by Crippen LogP contribution is 2.40. The SMILES string of the molecule is COC(=O)C1CN(CCCCCCBr)S(=O)(=O)c2c(-c3cccc(C(F)(F)F)c3)c(Cc3cccc4ccccc34)cc(=O)n21. The number of ether oxygens (including phenoxy) is 1. The first-order chi connectivity index (χ1) is 21.5. The summed E-state index contributed by atoms with van der Waals surface area (Å²) in [5.41, 5.74) is -0.823. The summed E-state index contributed by atoms with van der Waals surface area (Å²) in [7, 11) is -3.32. The van der Waals surface area contributed by atoms with Crippen molar-refractivity contribution in [2.75, 3.05) is 25.5 Å². The van der Waals surface area contributed by atoms with E-state index < -0.39 is 44.4 Å². The first kappa shape index (κ1) is 32.9. The number of hydrogen-bond donors (Lipinski definition) is 0. The lowest BCUT2D eigenvalue weighted by atomic mass is 9.93. The molecule has 3 aromatic carbocycles. The average molecular weight is 706 g/mol. The summed E-state index contributed by atoms with van der Waals surface area (Å²) in [6.07, 6.45) is -1.64. The first-order valence-electron chi connectivity index (χ1n) is 14.5. The summed E-state index contributed by atoms with van der Waals surface area (Å²) in [6.45, 7) is -0.257. The Bertz CT molecular complexity index is 1890. The van der Waals surface area contributed by atoms with E-state index in [1.807, 2.05) is 42.5 Å². The molecule has 0 fully saturated rings. The number of esters is 1. The number of halogens is 4. The molecule has 0 aliphatic carbocycles. The third kappa shape index (κ3) is 6.73. The maximum Gasteiger partial charge on any atom is 0.416 e. The summed E-state index contributed by atoms with van der Waals surface area (Å²) >= 11 is 3.38. The maximum absolute atomic E-state index is 14.4. The molecular formula is C33H32BrF3N2O5S. The minimum absolute atomic E-state index is 0.0322. The predicted molar refractivity (Wildman–Crippen MR) is 170 cm³/mol. The second-order valence-corrected chi connectivity index (χ2v) is 13.6. The Labute approximate surface area is 267 Å². The Morgan fingerprint density at radius 1 is 0.956 bits per heavy atom. The summed E-state index contributed by atoms with van der Waals surface area (Å²) in [5.74, 6) is -0.825. The number of pyridine rings is 1. The molecule has 0 radical (unpaired) electrons. The number of fused-ring (bicyclic) bond motifs is 2. The number of carbonyl (C=O) groups is 1. The van der Waals surface area contributed by atoms with Crippen LogP contribution in [0.5, 0.6) is 0 Å². The van der Waals surface area contributed by atoms with Crippen LogP contribution in [-0.4, -0.2) is 48.8 Å². The summed E-state index contributed by atoms with van der Waals surface area (Å²) in [6, 6.07) is 17.4. The van der Waals surface area contributed by atoms with Crippen LogP contribution in [-0.2, 0) is 32.2 Å². The minimum Gasteiger partial charge on any atom is -0.467 e. The standard InChI is InChI=1S/C33H32BrF3N2O5S/c1-44-32(41)28-21-38(17-7-3-2-6-16-34)45(42,43)31-30(24-13-9-14-26(19-24)33(35,36)37)25(20-29(40)39(28)31)18-23-12-8-11-22-10-4-5-15-27(22)23/h4-5,8-15,19-20,28H,2-3,6-7,16-18,21H2,1H3. The third-order valence-corrected chi connectivity index (χ3v) is 10.5. The van der Waals surface area contributed by atoms with Gasteiger partial charge >= 0.3 is 12.1 Å². The molecular weight excluding hydrogens is 673 g/mol. The van der Waals surface area contributed by atoms with E-state index in [1.165, 1.54) is 18.2 Å². The van der Waals surface area contributed by atoms with Gasteiger partial charge in [0.25, 0.3) is 15.6 Å². The van der Waals surface area contributed by atoms with Crippen molar-refractivity contribution in [1.82, 2.24) is 8.87 Å². The largest absolute Gasteiger partial charge is 0.467 e. The number of alkyl halides is 4. The number of carbonyl (C=O) groups excluding carboxylic acids is 1. The summed E-state index contributed by atoms with van der Waals surface area (Å²) in [5, 5.41) is 2.07. The van der Waals surface area contributed by atoms with Crippen LogP contribution >= 0.6 is 15.9 Å². The van der Waals surface area contributed by atoms with Gasteiger partial charge in [0.2, 0.25) is 0 Å². The number of hydrogen-bond acceptors (Lipinski definition) is 5. The highest BCUT2D eigenvalue weighted by atomic mass is 79.9. The molecule has 0 saturated carbocycles. The van der Waals surface area contributed by atoms with Crippen molar-refractivity contribution < 1.29 is 31.1 Å². The van der Waals surface area contributed by atoms with Crippen LogP contribution in [0.1, 0.15) is 48.4 Å². The van der Waals surface area contributed by atoms with Crippen molar-refractivity contribution in [2.24, 2.45) is 0 Å². The smallest absolute Gasteiger partial charge is 0.416 e. The van der Waals surface area contributed by atoms with Crippen LogP contribution in [0.25, 0.3) is 21.9 Å². The van der Waals surface area contributed by atoms with E-state index in [4.69, 9.17) is 4.74 Å². The zero-order chi connectivity index (χ0) is 32.4. The Kier molecular flexibility index (Phi) is 9.85. The van der Waals surface area contributed by atoms with Crippen LogP contribution < -0.4 is 5.56 Å². The lowest BCUT2D eigenvalue weighted by molar-refractivity contribution is -0.145. The van der Waals surface area contributed by atoms with Crippen molar-refractivity contribution in [3.8, 4) is 11.1 Å². The van der Waals surface area contributed by atoms with Gasteiger partial charge in [-0.05, 0) is 58.9 Å². The molecule has 0 bridgehead atoms. The van der Waals surface area contributed by atoms with Gasteiger partial charge in [-0.2, -0.15) is 17.5 Å². The quantitative estimate of drug-likeness (QED) is 0.101. The van der Waals surface area contributed by atoms with E-state index in [-0.39, 0.29) is 36.2 Å². The van der Waals surface area contributed by atoms with Crippen LogP contribution in [0.2, 0.25) is 0 Å². The Balaban J connectivity index is 1.78. The van der Waals surface area contributed by atoms with Crippen LogP contribution in [0.3, 0.4) is 0 Å². The fraction of sp³-hybridized carbons (Fsp3) is 0.333. The van der Waals surface area contributed by atoms with Gasteiger partial charge < -0.3 is 4.74 Å². The fourth-order valence-corrected chi connectivity index (χ4v) is 8.23. The van der Waals surface area contributed by atoms with E-state index in [2.05, 4.69) is 15.9 Å². The summed E-state index contributed by atoms with van der Waals surface area (Å²) < 4.78 is 77.6. The van der Waals surface area contributed by atoms with Crippen molar-refractivity contribution in [3.05, 3.63) is 99.8 Å². The lowest BCUT2D eigenvalue weighted by Crippen LogP contribution is -2.50. The maximum atomic E-state index is 14.4. The van der Waals surface area contributed by atoms with Crippen molar-refractivity contribution >= 4 is 42.7 Å². The molecule has 1 atom stereocenters. The van der Waals surface area contributed by atoms with Crippen molar-refractivity contribution in [3.63, 3.8) is 0 Å². The fourth-order valence-electron chi connectivity index (χ4n) is 5.91. The van der Waals surface area contributed by atoms with E-state index in [1.54, 1.807) is 0 Å². The molecule has 0 N–H and O–H groups in total. The number of rotatable bonds is 10. The molecule has 7 nitrogen and oxygen atoms in total.